The van der Waals surface area contributed by atoms with Gasteiger partial charge in [0.25, 0.3) is 0 Å². The molecular formula is C24H17BO2. The highest BCUT2D eigenvalue weighted by Crippen LogP contribution is 2.36. The maximum Gasteiger partial charge on any atom is 0.489 e. The van der Waals surface area contributed by atoms with E-state index >= 15 is 0 Å². The highest BCUT2D eigenvalue weighted by atomic mass is 16.4. The minimum Gasteiger partial charge on any atom is -0.423 e. The van der Waals surface area contributed by atoms with Crippen molar-refractivity contribution in [2.45, 2.75) is 0 Å². The SMILES string of the molecule is OB(O)c1ccccc1-c1ccc2c3ccccc3c3ccccc3c2c1. The molecule has 2 N–H and O–H groups in total. The molecule has 128 valence electrons. The van der Waals surface area contributed by atoms with Crippen LogP contribution in [0.4, 0.5) is 0 Å². The largest absolute Gasteiger partial charge is 0.489 e. The molecule has 5 aromatic rings. The first-order chi connectivity index (χ1) is 13.2. The van der Waals surface area contributed by atoms with E-state index in [-0.39, 0.29) is 0 Å². The molecule has 0 saturated heterocycles. The van der Waals surface area contributed by atoms with E-state index in [1.165, 1.54) is 32.3 Å². The molecule has 2 nitrogen and oxygen atoms in total. The highest BCUT2D eigenvalue weighted by Gasteiger charge is 2.17. The van der Waals surface area contributed by atoms with Crippen LogP contribution in [0.15, 0.2) is 91.0 Å². The van der Waals surface area contributed by atoms with Crippen LogP contribution >= 0.6 is 0 Å². The molecule has 0 radical (unpaired) electrons. The summed E-state index contributed by atoms with van der Waals surface area (Å²) < 4.78 is 0. The quantitative estimate of drug-likeness (QED) is 0.364. The molecule has 5 aromatic carbocycles. The Morgan fingerprint density at radius 1 is 0.481 bits per heavy atom. The van der Waals surface area contributed by atoms with Crippen molar-refractivity contribution in [3.05, 3.63) is 91.0 Å². The van der Waals surface area contributed by atoms with Crippen LogP contribution < -0.4 is 5.46 Å². The Balaban J connectivity index is 1.90. The molecule has 5 rings (SSSR count). The van der Waals surface area contributed by atoms with Gasteiger partial charge in [-0.05, 0) is 55.0 Å². The molecule has 27 heavy (non-hydrogen) atoms. The van der Waals surface area contributed by atoms with Crippen molar-refractivity contribution in [1.29, 1.82) is 0 Å². The number of hydrogen-bond acceptors (Lipinski definition) is 2. The third-order valence-corrected chi connectivity index (χ3v) is 5.29. The zero-order chi connectivity index (χ0) is 18.4. The number of fused-ring (bicyclic) bond motifs is 6. The predicted molar refractivity (Wildman–Crippen MR) is 114 cm³/mol. The molecule has 0 aliphatic carbocycles. The molecule has 0 heterocycles. The van der Waals surface area contributed by atoms with E-state index in [2.05, 4.69) is 66.7 Å². The van der Waals surface area contributed by atoms with Crippen molar-refractivity contribution >= 4 is 44.9 Å². The summed E-state index contributed by atoms with van der Waals surface area (Å²) in [4.78, 5) is 0. The zero-order valence-electron chi connectivity index (χ0n) is 14.6. The van der Waals surface area contributed by atoms with E-state index in [1.54, 1.807) is 6.07 Å². The van der Waals surface area contributed by atoms with Gasteiger partial charge in [-0.15, -0.1) is 0 Å². The fourth-order valence-corrected chi connectivity index (χ4v) is 4.06. The van der Waals surface area contributed by atoms with E-state index in [0.29, 0.717) is 5.46 Å². The van der Waals surface area contributed by atoms with Crippen molar-refractivity contribution in [1.82, 2.24) is 0 Å². The third-order valence-electron chi connectivity index (χ3n) is 5.29. The lowest BCUT2D eigenvalue weighted by atomic mass is 9.75. The lowest BCUT2D eigenvalue weighted by Crippen LogP contribution is -2.31. The second kappa shape index (κ2) is 6.24. The number of hydrogen-bond donors (Lipinski definition) is 2. The van der Waals surface area contributed by atoms with Crippen LogP contribution in [0.1, 0.15) is 0 Å². The Morgan fingerprint density at radius 2 is 0.963 bits per heavy atom. The Kier molecular flexibility index (Phi) is 3.71. The van der Waals surface area contributed by atoms with Crippen molar-refractivity contribution in [3.8, 4) is 11.1 Å². The summed E-state index contributed by atoms with van der Waals surface area (Å²) in [5.74, 6) is 0. The summed E-state index contributed by atoms with van der Waals surface area (Å²) in [7, 11) is -1.50. The van der Waals surface area contributed by atoms with E-state index in [9.17, 15) is 10.0 Å². The van der Waals surface area contributed by atoms with Gasteiger partial charge in [0.1, 0.15) is 0 Å². The van der Waals surface area contributed by atoms with E-state index in [4.69, 9.17) is 0 Å². The minimum atomic E-state index is -1.50. The first-order valence-corrected chi connectivity index (χ1v) is 9.03. The second-order valence-electron chi connectivity index (χ2n) is 6.81. The number of benzene rings is 5. The van der Waals surface area contributed by atoms with Gasteiger partial charge in [0.15, 0.2) is 0 Å². The van der Waals surface area contributed by atoms with Crippen molar-refractivity contribution < 1.29 is 10.0 Å². The van der Waals surface area contributed by atoms with Gasteiger partial charge in [-0.2, -0.15) is 0 Å². The molecule has 0 bridgehead atoms. The Bertz CT molecular complexity index is 1270. The summed E-state index contributed by atoms with van der Waals surface area (Å²) in [5.41, 5.74) is 2.33. The molecule has 0 unspecified atom stereocenters. The van der Waals surface area contributed by atoms with Gasteiger partial charge in [-0.3, -0.25) is 0 Å². The van der Waals surface area contributed by atoms with Gasteiger partial charge in [-0.1, -0.05) is 84.9 Å². The van der Waals surface area contributed by atoms with Crippen LogP contribution in [-0.4, -0.2) is 17.2 Å². The van der Waals surface area contributed by atoms with Crippen LogP contribution in [0, 0.1) is 0 Å². The third kappa shape index (κ3) is 2.52. The fraction of sp³-hybridized carbons (Fsp3) is 0. The molecule has 0 aliphatic heterocycles. The summed E-state index contributed by atoms with van der Waals surface area (Å²) >= 11 is 0. The molecule has 0 aromatic heterocycles. The van der Waals surface area contributed by atoms with Crippen molar-refractivity contribution in [2.24, 2.45) is 0 Å². The Morgan fingerprint density at radius 3 is 1.56 bits per heavy atom. The first-order valence-electron chi connectivity index (χ1n) is 9.03. The molecule has 0 saturated carbocycles. The van der Waals surface area contributed by atoms with Gasteiger partial charge < -0.3 is 10.0 Å². The van der Waals surface area contributed by atoms with Crippen LogP contribution in [-0.2, 0) is 0 Å². The first kappa shape index (κ1) is 16.1. The average Bonchev–Trinajstić information content (AvgIpc) is 2.73. The molecule has 0 aliphatic rings. The second-order valence-corrected chi connectivity index (χ2v) is 6.81. The van der Waals surface area contributed by atoms with Crippen LogP contribution in [0.25, 0.3) is 43.4 Å². The van der Waals surface area contributed by atoms with Gasteiger partial charge in [-0.25, -0.2) is 0 Å². The van der Waals surface area contributed by atoms with Crippen LogP contribution in [0.5, 0.6) is 0 Å². The van der Waals surface area contributed by atoms with Gasteiger partial charge in [0.2, 0.25) is 0 Å². The highest BCUT2D eigenvalue weighted by molar-refractivity contribution is 6.60. The Hall–Kier alpha value is -3.14. The van der Waals surface area contributed by atoms with Crippen LogP contribution in [0.2, 0.25) is 0 Å². The summed E-state index contributed by atoms with van der Waals surface area (Å²) in [5, 5.41) is 26.8. The molecule has 0 amide bonds. The van der Waals surface area contributed by atoms with Gasteiger partial charge >= 0.3 is 7.12 Å². The minimum absolute atomic E-state index is 0.516. The monoisotopic (exact) mass is 348 g/mol. The van der Waals surface area contributed by atoms with Crippen molar-refractivity contribution in [2.75, 3.05) is 0 Å². The molecule has 3 heteroatoms. The molecular weight excluding hydrogens is 331 g/mol. The lowest BCUT2D eigenvalue weighted by molar-refractivity contribution is 0.426. The standard InChI is InChI=1S/C24H17BO2/c26-25(27)24-12-6-5-7-17(24)16-13-14-22-20-10-2-1-8-18(20)19-9-3-4-11-21(19)23(22)15-16/h1-15,26-27H. The smallest absolute Gasteiger partial charge is 0.423 e. The van der Waals surface area contributed by atoms with E-state index < -0.39 is 7.12 Å². The van der Waals surface area contributed by atoms with Gasteiger partial charge in [0.05, 0.1) is 0 Å². The van der Waals surface area contributed by atoms with Crippen LogP contribution in [0.3, 0.4) is 0 Å². The van der Waals surface area contributed by atoms with E-state index in [0.717, 1.165) is 11.1 Å². The summed E-state index contributed by atoms with van der Waals surface area (Å²) in [6, 6.07) is 30.7. The molecule has 0 fully saturated rings. The predicted octanol–water partition coefficient (Wildman–Crippen LogP) is 4.49. The molecule has 0 atom stereocenters. The summed E-state index contributed by atoms with van der Waals surface area (Å²) in [6.45, 7) is 0. The normalized spacial score (nSPS) is 11.3. The maximum absolute atomic E-state index is 9.75. The van der Waals surface area contributed by atoms with Crippen molar-refractivity contribution in [3.63, 3.8) is 0 Å². The zero-order valence-corrected chi connectivity index (χ0v) is 14.6. The Labute approximate surface area is 157 Å². The van der Waals surface area contributed by atoms with Gasteiger partial charge in [0, 0.05) is 0 Å². The average molecular weight is 348 g/mol. The van der Waals surface area contributed by atoms with E-state index in [1.807, 2.05) is 18.2 Å². The fourth-order valence-electron chi connectivity index (χ4n) is 4.06. The molecule has 0 spiro atoms. The number of rotatable bonds is 2. The lowest BCUT2D eigenvalue weighted by Gasteiger charge is -2.13. The maximum atomic E-state index is 9.75. The topological polar surface area (TPSA) is 40.5 Å². The summed E-state index contributed by atoms with van der Waals surface area (Å²) in [6.07, 6.45) is 0.